The molecule has 0 saturated carbocycles. The molecule has 1 unspecified atom stereocenters. The molecule has 0 aliphatic rings. The minimum Gasteiger partial charge on any atom is -0.496 e. The average molecular weight is 255 g/mol. The van der Waals surface area contributed by atoms with Gasteiger partial charge in [0.2, 0.25) is 0 Å². The van der Waals surface area contributed by atoms with Crippen LogP contribution in [0.1, 0.15) is 19.4 Å². The molecule has 0 radical (unpaired) electrons. The number of allylic oxidation sites excluding steroid dienone is 2. The van der Waals surface area contributed by atoms with Crippen LogP contribution in [0.5, 0.6) is 11.5 Å². The molecule has 1 aromatic rings. The van der Waals surface area contributed by atoms with Crippen LogP contribution >= 0.6 is 11.6 Å². The summed E-state index contributed by atoms with van der Waals surface area (Å²) >= 11 is 6.06. The van der Waals surface area contributed by atoms with E-state index < -0.39 is 0 Å². The van der Waals surface area contributed by atoms with Crippen LogP contribution in [0.25, 0.3) is 0 Å². The average Bonchev–Trinajstić information content (AvgIpc) is 2.31. The molecular formula is C14H19ClO2. The van der Waals surface area contributed by atoms with Gasteiger partial charge in [-0.3, -0.25) is 0 Å². The fraction of sp³-hybridized carbons (Fsp3) is 0.429. The van der Waals surface area contributed by atoms with E-state index in [2.05, 4.69) is 19.1 Å². The Morgan fingerprint density at radius 3 is 2.41 bits per heavy atom. The molecule has 0 fully saturated rings. The van der Waals surface area contributed by atoms with Gasteiger partial charge in [-0.25, -0.2) is 0 Å². The van der Waals surface area contributed by atoms with E-state index >= 15 is 0 Å². The summed E-state index contributed by atoms with van der Waals surface area (Å²) in [6.07, 6.45) is 5.13. The summed E-state index contributed by atoms with van der Waals surface area (Å²) in [4.78, 5) is 0. The lowest BCUT2D eigenvalue weighted by molar-refractivity contribution is 0.397. The molecule has 0 N–H and O–H groups in total. The third-order valence-corrected chi connectivity index (χ3v) is 2.91. The molecule has 0 heterocycles. The predicted molar refractivity (Wildman–Crippen MR) is 72.2 cm³/mol. The van der Waals surface area contributed by atoms with Gasteiger partial charge in [-0.2, -0.15) is 0 Å². The highest BCUT2D eigenvalue weighted by Gasteiger charge is 2.11. The first-order valence-electron chi connectivity index (χ1n) is 5.65. The summed E-state index contributed by atoms with van der Waals surface area (Å²) in [5.41, 5.74) is 1.11. The second-order valence-electron chi connectivity index (χ2n) is 4.01. The lowest BCUT2D eigenvalue weighted by Crippen LogP contribution is -2.00. The molecule has 1 aromatic carbocycles. The van der Waals surface area contributed by atoms with Gasteiger partial charge in [0.1, 0.15) is 11.5 Å². The van der Waals surface area contributed by atoms with Crippen molar-refractivity contribution in [3.8, 4) is 11.5 Å². The van der Waals surface area contributed by atoms with Crippen molar-refractivity contribution in [1.82, 2.24) is 0 Å². The van der Waals surface area contributed by atoms with E-state index in [0.717, 1.165) is 17.7 Å². The van der Waals surface area contributed by atoms with Crippen molar-refractivity contribution >= 4 is 11.6 Å². The maximum Gasteiger partial charge on any atom is 0.137 e. The van der Waals surface area contributed by atoms with E-state index in [1.165, 1.54) is 0 Å². The number of hydrogen-bond donors (Lipinski definition) is 0. The van der Waals surface area contributed by atoms with Crippen LogP contribution in [-0.2, 0) is 6.42 Å². The monoisotopic (exact) mass is 254 g/mol. The van der Waals surface area contributed by atoms with Crippen molar-refractivity contribution in [3.63, 3.8) is 0 Å². The van der Waals surface area contributed by atoms with E-state index in [0.29, 0.717) is 16.7 Å². The Bertz CT molecular complexity index is 399. The first-order chi connectivity index (χ1) is 8.12. The van der Waals surface area contributed by atoms with Crippen molar-refractivity contribution in [2.45, 2.75) is 20.3 Å². The van der Waals surface area contributed by atoms with Gasteiger partial charge in [0.25, 0.3) is 0 Å². The highest BCUT2D eigenvalue weighted by atomic mass is 35.5. The first kappa shape index (κ1) is 13.9. The Hall–Kier alpha value is -1.15. The molecule has 0 amide bonds. The normalized spacial score (nSPS) is 12.8. The largest absolute Gasteiger partial charge is 0.496 e. The Morgan fingerprint density at radius 1 is 1.24 bits per heavy atom. The Labute approximate surface area is 108 Å². The topological polar surface area (TPSA) is 18.5 Å². The SMILES string of the molecule is C/C=C\C(C)Cc1cc(OC)c(Cl)cc1OC. The number of halogens is 1. The van der Waals surface area contributed by atoms with Crippen LogP contribution in [0.15, 0.2) is 24.3 Å². The number of hydrogen-bond acceptors (Lipinski definition) is 2. The number of benzene rings is 1. The fourth-order valence-corrected chi connectivity index (χ4v) is 2.06. The summed E-state index contributed by atoms with van der Waals surface area (Å²) < 4.78 is 10.6. The maximum atomic E-state index is 6.06. The van der Waals surface area contributed by atoms with Gasteiger partial charge in [0.15, 0.2) is 0 Å². The van der Waals surface area contributed by atoms with Gasteiger partial charge in [0, 0.05) is 6.07 Å². The second kappa shape index (κ2) is 6.55. The van der Waals surface area contributed by atoms with Crippen LogP contribution in [0.3, 0.4) is 0 Å². The summed E-state index contributed by atoms with van der Waals surface area (Å²) in [7, 11) is 3.27. The highest BCUT2D eigenvalue weighted by molar-refractivity contribution is 6.32. The van der Waals surface area contributed by atoms with Crippen molar-refractivity contribution in [1.29, 1.82) is 0 Å². The highest BCUT2D eigenvalue weighted by Crippen LogP contribution is 2.33. The lowest BCUT2D eigenvalue weighted by Gasteiger charge is -2.14. The Kier molecular flexibility index (Phi) is 5.36. The Balaban J connectivity index is 3.03. The molecule has 0 aliphatic heterocycles. The van der Waals surface area contributed by atoms with E-state index in [1.807, 2.05) is 13.0 Å². The van der Waals surface area contributed by atoms with Crippen LogP contribution in [0.4, 0.5) is 0 Å². The minimum atomic E-state index is 0.458. The molecule has 0 saturated heterocycles. The maximum absolute atomic E-state index is 6.06. The third kappa shape index (κ3) is 3.67. The number of methoxy groups -OCH3 is 2. The molecule has 0 bridgehead atoms. The zero-order valence-electron chi connectivity index (χ0n) is 10.8. The minimum absolute atomic E-state index is 0.458. The quantitative estimate of drug-likeness (QED) is 0.736. The van der Waals surface area contributed by atoms with E-state index in [4.69, 9.17) is 21.1 Å². The molecule has 1 atom stereocenters. The summed E-state index contributed by atoms with van der Waals surface area (Å²) in [6.45, 7) is 4.19. The number of ether oxygens (including phenoxy) is 2. The first-order valence-corrected chi connectivity index (χ1v) is 6.03. The number of rotatable bonds is 5. The Morgan fingerprint density at radius 2 is 1.88 bits per heavy atom. The molecule has 0 spiro atoms. The van der Waals surface area contributed by atoms with E-state index in [-0.39, 0.29) is 0 Å². The summed E-state index contributed by atoms with van der Waals surface area (Å²) in [5, 5.41) is 0.576. The van der Waals surface area contributed by atoms with Crippen LogP contribution in [0.2, 0.25) is 5.02 Å². The molecule has 2 nitrogen and oxygen atoms in total. The van der Waals surface area contributed by atoms with Crippen molar-refractivity contribution < 1.29 is 9.47 Å². The van der Waals surface area contributed by atoms with Gasteiger partial charge in [-0.1, -0.05) is 30.7 Å². The van der Waals surface area contributed by atoms with Gasteiger partial charge in [0.05, 0.1) is 19.2 Å². The summed E-state index contributed by atoms with van der Waals surface area (Å²) in [6, 6.07) is 3.75. The summed E-state index contributed by atoms with van der Waals surface area (Å²) in [5.74, 6) is 1.96. The van der Waals surface area contributed by atoms with Crippen LogP contribution in [0, 0.1) is 5.92 Å². The van der Waals surface area contributed by atoms with Crippen molar-refractivity contribution in [3.05, 3.63) is 34.9 Å². The fourth-order valence-electron chi connectivity index (χ4n) is 1.83. The predicted octanol–water partition coefficient (Wildman–Crippen LogP) is 4.11. The smallest absolute Gasteiger partial charge is 0.137 e. The molecule has 17 heavy (non-hydrogen) atoms. The molecule has 0 aromatic heterocycles. The van der Waals surface area contributed by atoms with Crippen molar-refractivity contribution in [2.24, 2.45) is 5.92 Å². The molecule has 3 heteroatoms. The van der Waals surface area contributed by atoms with E-state index in [1.54, 1.807) is 20.3 Å². The van der Waals surface area contributed by atoms with Crippen LogP contribution in [-0.4, -0.2) is 14.2 Å². The van der Waals surface area contributed by atoms with Gasteiger partial charge < -0.3 is 9.47 Å². The van der Waals surface area contributed by atoms with Gasteiger partial charge >= 0.3 is 0 Å². The van der Waals surface area contributed by atoms with Gasteiger partial charge in [-0.15, -0.1) is 0 Å². The van der Waals surface area contributed by atoms with E-state index in [9.17, 15) is 0 Å². The molecule has 1 rings (SSSR count). The molecule has 0 aliphatic carbocycles. The zero-order valence-corrected chi connectivity index (χ0v) is 11.5. The molecule has 94 valence electrons. The third-order valence-electron chi connectivity index (χ3n) is 2.62. The standard InChI is InChI=1S/C14H19ClO2/c1-5-6-10(2)7-11-8-14(17-4)12(15)9-13(11)16-3/h5-6,8-10H,7H2,1-4H3/b6-5-. The van der Waals surface area contributed by atoms with Crippen LogP contribution < -0.4 is 9.47 Å². The van der Waals surface area contributed by atoms with Gasteiger partial charge in [-0.05, 0) is 30.9 Å². The second-order valence-corrected chi connectivity index (χ2v) is 4.41. The molecular weight excluding hydrogens is 236 g/mol. The lowest BCUT2D eigenvalue weighted by atomic mass is 9.99. The van der Waals surface area contributed by atoms with Crippen molar-refractivity contribution in [2.75, 3.05) is 14.2 Å². The zero-order chi connectivity index (χ0) is 12.8.